The van der Waals surface area contributed by atoms with Gasteiger partial charge in [-0.15, -0.1) is 11.3 Å². The first kappa shape index (κ1) is 15.5. The van der Waals surface area contributed by atoms with Gasteiger partial charge in [-0.2, -0.15) is 13.2 Å². The van der Waals surface area contributed by atoms with Crippen LogP contribution in [0.5, 0.6) is 0 Å². The molecule has 0 saturated carbocycles. The van der Waals surface area contributed by atoms with Crippen LogP contribution in [0.4, 0.5) is 19.0 Å². The zero-order valence-electron chi connectivity index (χ0n) is 11.9. The Kier molecular flexibility index (Phi) is 4.49. The number of thiophene rings is 1. The zero-order chi connectivity index (χ0) is 15.6. The Morgan fingerprint density at radius 2 is 2.14 bits per heavy atom. The molecule has 1 aliphatic carbocycles. The number of aryl methyl sites for hydroxylation is 2. The Bertz CT molecular complexity index is 657. The molecule has 0 unspecified atom stereocenters. The Balaban J connectivity index is 1.56. The van der Waals surface area contributed by atoms with E-state index in [-0.39, 0.29) is 6.61 Å². The Morgan fingerprint density at radius 3 is 2.95 bits per heavy atom. The van der Waals surface area contributed by atoms with Gasteiger partial charge in [-0.25, -0.2) is 9.97 Å². The van der Waals surface area contributed by atoms with Crippen LogP contribution in [0.3, 0.4) is 0 Å². The van der Waals surface area contributed by atoms with E-state index >= 15 is 0 Å². The Labute approximate surface area is 129 Å². The van der Waals surface area contributed by atoms with E-state index in [1.54, 1.807) is 11.3 Å². The van der Waals surface area contributed by atoms with Gasteiger partial charge < -0.3 is 10.1 Å². The van der Waals surface area contributed by atoms with Gasteiger partial charge in [0, 0.05) is 18.0 Å². The molecule has 8 heteroatoms. The highest BCUT2D eigenvalue weighted by Gasteiger charge is 2.27. The standard InChI is InChI=1S/C14H16F3N3OS/c15-14(16,17)7-21-6-2-5-18-12-11-9-3-1-4-10(9)22-13(11)20-8-19-12/h8H,1-7H2,(H,18,19,20). The van der Waals surface area contributed by atoms with E-state index in [0.29, 0.717) is 13.0 Å². The van der Waals surface area contributed by atoms with Gasteiger partial charge >= 0.3 is 6.18 Å². The number of aromatic nitrogens is 2. The fraction of sp³-hybridized carbons (Fsp3) is 0.571. The largest absolute Gasteiger partial charge is 0.411 e. The van der Waals surface area contributed by atoms with Crippen LogP contribution in [0.1, 0.15) is 23.3 Å². The van der Waals surface area contributed by atoms with Crippen LogP contribution >= 0.6 is 11.3 Å². The number of fused-ring (bicyclic) bond motifs is 3. The molecule has 0 amide bonds. The quantitative estimate of drug-likeness (QED) is 0.822. The van der Waals surface area contributed by atoms with Crippen LogP contribution in [0, 0.1) is 0 Å². The van der Waals surface area contributed by atoms with E-state index < -0.39 is 12.8 Å². The lowest BCUT2D eigenvalue weighted by atomic mass is 10.2. The number of nitrogens with zero attached hydrogens (tertiary/aromatic N) is 2. The lowest BCUT2D eigenvalue weighted by Crippen LogP contribution is -2.18. The Hall–Kier alpha value is -1.41. The van der Waals surface area contributed by atoms with E-state index in [1.165, 1.54) is 16.8 Å². The summed E-state index contributed by atoms with van der Waals surface area (Å²) in [6.07, 6.45) is 1.07. The fourth-order valence-corrected chi connectivity index (χ4v) is 3.86. The van der Waals surface area contributed by atoms with Gasteiger partial charge in [-0.1, -0.05) is 0 Å². The maximum atomic E-state index is 11.9. The van der Waals surface area contributed by atoms with Gasteiger partial charge in [0.1, 0.15) is 23.6 Å². The van der Waals surface area contributed by atoms with Crippen molar-refractivity contribution in [2.24, 2.45) is 0 Å². The number of anilines is 1. The van der Waals surface area contributed by atoms with Gasteiger partial charge in [-0.3, -0.25) is 0 Å². The third-order valence-electron chi connectivity index (χ3n) is 3.52. The summed E-state index contributed by atoms with van der Waals surface area (Å²) in [7, 11) is 0. The van der Waals surface area contributed by atoms with Crippen molar-refractivity contribution in [3.63, 3.8) is 0 Å². The smallest absolute Gasteiger partial charge is 0.372 e. The lowest BCUT2D eigenvalue weighted by molar-refractivity contribution is -0.173. The second-order valence-corrected chi connectivity index (χ2v) is 6.29. The van der Waals surface area contributed by atoms with Crippen LogP contribution in [0.2, 0.25) is 0 Å². The van der Waals surface area contributed by atoms with E-state index in [4.69, 9.17) is 0 Å². The normalized spacial score (nSPS) is 14.5. The molecule has 3 rings (SSSR count). The van der Waals surface area contributed by atoms with E-state index in [1.807, 2.05) is 0 Å². The number of rotatable bonds is 6. The van der Waals surface area contributed by atoms with Gasteiger partial charge in [0.15, 0.2) is 0 Å². The van der Waals surface area contributed by atoms with Crippen molar-refractivity contribution in [1.82, 2.24) is 9.97 Å². The summed E-state index contributed by atoms with van der Waals surface area (Å²) in [4.78, 5) is 10.9. The molecule has 0 saturated heterocycles. The maximum absolute atomic E-state index is 11.9. The molecule has 0 bridgehead atoms. The molecule has 0 atom stereocenters. The molecule has 0 spiro atoms. The summed E-state index contributed by atoms with van der Waals surface area (Å²) in [6, 6.07) is 0. The molecule has 0 aliphatic heterocycles. The van der Waals surface area contributed by atoms with Crippen molar-refractivity contribution in [2.75, 3.05) is 25.1 Å². The van der Waals surface area contributed by atoms with Gasteiger partial charge in [-0.05, 0) is 31.2 Å². The average Bonchev–Trinajstić information content (AvgIpc) is 3.01. The lowest BCUT2D eigenvalue weighted by Gasteiger charge is -2.09. The predicted octanol–water partition coefficient (Wildman–Crippen LogP) is 3.56. The number of ether oxygens (including phenoxy) is 1. The van der Waals surface area contributed by atoms with Gasteiger partial charge in [0.25, 0.3) is 0 Å². The summed E-state index contributed by atoms with van der Waals surface area (Å²) in [5, 5.41) is 4.28. The van der Waals surface area contributed by atoms with Crippen molar-refractivity contribution < 1.29 is 17.9 Å². The van der Waals surface area contributed by atoms with Crippen LogP contribution in [-0.4, -0.2) is 35.9 Å². The molecule has 2 aromatic heterocycles. The number of hydrogen-bond acceptors (Lipinski definition) is 5. The first-order chi connectivity index (χ1) is 10.5. The molecule has 0 radical (unpaired) electrons. The highest BCUT2D eigenvalue weighted by Crippen LogP contribution is 2.38. The predicted molar refractivity (Wildman–Crippen MR) is 79.4 cm³/mol. The third kappa shape index (κ3) is 3.49. The molecular weight excluding hydrogens is 315 g/mol. The van der Waals surface area contributed by atoms with Gasteiger partial charge in [0.2, 0.25) is 0 Å². The summed E-state index contributed by atoms with van der Waals surface area (Å²) in [6.45, 7) is -0.597. The van der Waals surface area contributed by atoms with Crippen LogP contribution in [0.25, 0.3) is 10.2 Å². The number of halogens is 3. The van der Waals surface area contributed by atoms with Crippen molar-refractivity contribution in [2.45, 2.75) is 31.9 Å². The first-order valence-corrected chi connectivity index (χ1v) is 8.00. The highest BCUT2D eigenvalue weighted by molar-refractivity contribution is 7.19. The molecule has 0 aromatic carbocycles. The third-order valence-corrected chi connectivity index (χ3v) is 4.72. The van der Waals surface area contributed by atoms with Crippen LogP contribution < -0.4 is 5.32 Å². The molecule has 1 N–H and O–H groups in total. The summed E-state index contributed by atoms with van der Waals surface area (Å²) in [5.74, 6) is 0.778. The second-order valence-electron chi connectivity index (χ2n) is 5.21. The summed E-state index contributed by atoms with van der Waals surface area (Å²) < 4.78 is 40.4. The summed E-state index contributed by atoms with van der Waals surface area (Å²) >= 11 is 1.71. The molecule has 22 heavy (non-hydrogen) atoms. The number of nitrogens with one attached hydrogen (secondary N) is 1. The van der Waals surface area contributed by atoms with Crippen molar-refractivity contribution in [1.29, 1.82) is 0 Å². The molecule has 0 fully saturated rings. The molecule has 2 heterocycles. The van der Waals surface area contributed by atoms with Crippen LogP contribution in [-0.2, 0) is 17.6 Å². The average molecular weight is 331 g/mol. The van der Waals surface area contributed by atoms with E-state index in [0.717, 1.165) is 35.3 Å². The van der Waals surface area contributed by atoms with Crippen molar-refractivity contribution in [3.05, 3.63) is 16.8 Å². The van der Waals surface area contributed by atoms with Gasteiger partial charge in [0.05, 0.1) is 5.39 Å². The molecular formula is C14H16F3N3OS. The monoisotopic (exact) mass is 331 g/mol. The second kappa shape index (κ2) is 6.37. The van der Waals surface area contributed by atoms with E-state index in [2.05, 4.69) is 20.0 Å². The Morgan fingerprint density at radius 1 is 1.27 bits per heavy atom. The summed E-state index contributed by atoms with van der Waals surface area (Å²) in [5.41, 5.74) is 1.33. The number of hydrogen-bond donors (Lipinski definition) is 1. The van der Waals surface area contributed by atoms with Crippen molar-refractivity contribution >= 4 is 27.4 Å². The highest BCUT2D eigenvalue weighted by atomic mass is 32.1. The van der Waals surface area contributed by atoms with Crippen molar-refractivity contribution in [3.8, 4) is 0 Å². The van der Waals surface area contributed by atoms with Crippen LogP contribution in [0.15, 0.2) is 6.33 Å². The minimum Gasteiger partial charge on any atom is -0.372 e. The molecule has 120 valence electrons. The number of alkyl halides is 3. The van der Waals surface area contributed by atoms with E-state index in [9.17, 15) is 13.2 Å². The molecule has 4 nitrogen and oxygen atoms in total. The molecule has 2 aromatic rings. The maximum Gasteiger partial charge on any atom is 0.411 e. The fourth-order valence-electron chi connectivity index (χ4n) is 2.63. The zero-order valence-corrected chi connectivity index (χ0v) is 12.7. The first-order valence-electron chi connectivity index (χ1n) is 7.18. The minimum atomic E-state index is -4.26. The minimum absolute atomic E-state index is 0.0719. The molecule has 1 aliphatic rings. The SMILES string of the molecule is FC(F)(F)COCCCNc1ncnc2sc3c(c12)CCC3. The topological polar surface area (TPSA) is 47.0 Å².